The predicted octanol–water partition coefficient (Wildman–Crippen LogP) is 2.28. The molecule has 4 nitrogen and oxygen atoms in total. The smallest absolute Gasteiger partial charge is 0.241 e. The van der Waals surface area contributed by atoms with Crippen LogP contribution in [0.1, 0.15) is 6.92 Å². The number of nitrogens with zero attached hydrogens (tertiary/aromatic N) is 1. The number of hydrogen-bond donors (Lipinski definition) is 0. The summed E-state index contributed by atoms with van der Waals surface area (Å²) < 4.78 is 6.63. The van der Waals surface area contributed by atoms with Gasteiger partial charge >= 0.3 is 0 Å². The third kappa shape index (κ3) is 1.39. The van der Waals surface area contributed by atoms with Crippen molar-refractivity contribution in [2.24, 2.45) is 11.8 Å². The number of imide groups is 1. The van der Waals surface area contributed by atoms with E-state index in [-0.39, 0.29) is 23.8 Å². The van der Waals surface area contributed by atoms with Crippen LogP contribution < -0.4 is 4.90 Å². The standard InChI is InChI=1S/C15H12BrNO3/c1-15-6-5-10(20-15)11-12(15)14(19)17(13(11)18)9-4-2-3-8(16)7-9/h2-7,10-12H,1H3/t10-,11+,12+,15+/m0/s1. The van der Waals surface area contributed by atoms with Crippen LogP contribution >= 0.6 is 15.9 Å². The maximum Gasteiger partial charge on any atom is 0.241 e. The first-order chi connectivity index (χ1) is 9.51. The first kappa shape index (κ1) is 12.3. The monoisotopic (exact) mass is 333 g/mol. The van der Waals surface area contributed by atoms with Crippen LogP contribution in [0.3, 0.4) is 0 Å². The second-order valence-electron chi connectivity index (χ2n) is 5.62. The second kappa shape index (κ2) is 3.80. The molecule has 3 aliphatic rings. The van der Waals surface area contributed by atoms with Crippen molar-refractivity contribution in [3.05, 3.63) is 40.9 Å². The van der Waals surface area contributed by atoms with E-state index < -0.39 is 11.5 Å². The van der Waals surface area contributed by atoms with Crippen molar-refractivity contribution < 1.29 is 14.3 Å². The Morgan fingerprint density at radius 2 is 2.10 bits per heavy atom. The van der Waals surface area contributed by atoms with Crippen molar-refractivity contribution in [2.45, 2.75) is 18.6 Å². The van der Waals surface area contributed by atoms with Crippen LogP contribution in [0.15, 0.2) is 40.9 Å². The molecule has 3 aliphatic heterocycles. The van der Waals surface area contributed by atoms with Gasteiger partial charge < -0.3 is 4.74 Å². The van der Waals surface area contributed by atoms with Crippen molar-refractivity contribution in [3.8, 4) is 0 Å². The average Bonchev–Trinajstić information content (AvgIpc) is 2.99. The topological polar surface area (TPSA) is 46.6 Å². The fourth-order valence-electron chi connectivity index (χ4n) is 3.52. The van der Waals surface area contributed by atoms with E-state index in [1.165, 1.54) is 4.90 Å². The number of carbonyl (C=O) groups is 2. The maximum absolute atomic E-state index is 12.7. The summed E-state index contributed by atoms with van der Waals surface area (Å²) in [6, 6.07) is 7.25. The van der Waals surface area contributed by atoms with Crippen molar-refractivity contribution in [2.75, 3.05) is 4.90 Å². The summed E-state index contributed by atoms with van der Waals surface area (Å²) in [7, 11) is 0. The van der Waals surface area contributed by atoms with Crippen LogP contribution in [0.4, 0.5) is 5.69 Å². The highest BCUT2D eigenvalue weighted by Crippen LogP contribution is 2.52. The SMILES string of the molecule is C[C@]12C=C[C@H](O1)[C@H]1C(=O)N(c3cccc(Br)c3)C(=O)[C@@H]12. The Bertz CT molecular complexity index is 671. The third-order valence-corrected chi connectivity index (χ3v) is 4.89. The summed E-state index contributed by atoms with van der Waals surface area (Å²) >= 11 is 3.37. The molecule has 1 aromatic rings. The molecule has 0 saturated carbocycles. The van der Waals surface area contributed by atoms with E-state index in [2.05, 4.69) is 15.9 Å². The molecule has 0 unspecified atom stereocenters. The van der Waals surface area contributed by atoms with Gasteiger partial charge in [-0.25, -0.2) is 4.90 Å². The van der Waals surface area contributed by atoms with Crippen molar-refractivity contribution >= 4 is 33.4 Å². The van der Waals surface area contributed by atoms with Crippen LogP contribution in [0.25, 0.3) is 0 Å². The average molecular weight is 334 g/mol. The Balaban J connectivity index is 1.79. The van der Waals surface area contributed by atoms with E-state index in [0.717, 1.165) is 4.47 Å². The Morgan fingerprint density at radius 3 is 2.80 bits per heavy atom. The molecule has 2 amide bonds. The van der Waals surface area contributed by atoms with Gasteiger partial charge in [0.15, 0.2) is 0 Å². The number of anilines is 1. The Hall–Kier alpha value is -1.46. The highest BCUT2D eigenvalue weighted by atomic mass is 79.9. The van der Waals surface area contributed by atoms with Crippen molar-refractivity contribution in [3.63, 3.8) is 0 Å². The van der Waals surface area contributed by atoms with E-state index in [4.69, 9.17) is 4.74 Å². The van der Waals surface area contributed by atoms with Gasteiger partial charge in [-0.3, -0.25) is 9.59 Å². The Labute approximate surface area is 124 Å². The maximum atomic E-state index is 12.7. The molecule has 2 saturated heterocycles. The van der Waals surface area contributed by atoms with Gasteiger partial charge in [-0.1, -0.05) is 34.1 Å². The van der Waals surface area contributed by atoms with E-state index >= 15 is 0 Å². The van der Waals surface area contributed by atoms with Crippen LogP contribution in [0.2, 0.25) is 0 Å². The fraction of sp³-hybridized carbons (Fsp3) is 0.333. The molecule has 4 atom stereocenters. The van der Waals surface area contributed by atoms with Crippen molar-refractivity contribution in [1.29, 1.82) is 0 Å². The number of amides is 2. The molecule has 20 heavy (non-hydrogen) atoms. The molecule has 0 spiro atoms. The number of benzene rings is 1. The van der Waals surface area contributed by atoms with Crippen molar-refractivity contribution in [1.82, 2.24) is 0 Å². The summed E-state index contributed by atoms with van der Waals surface area (Å²) in [4.78, 5) is 26.6. The van der Waals surface area contributed by atoms with E-state index in [1.807, 2.05) is 31.2 Å². The minimum atomic E-state index is -0.636. The minimum Gasteiger partial charge on any atom is -0.362 e. The summed E-state index contributed by atoms with van der Waals surface area (Å²) in [5, 5.41) is 0. The largest absolute Gasteiger partial charge is 0.362 e. The lowest BCUT2D eigenvalue weighted by molar-refractivity contribution is -0.126. The molecule has 1 aromatic carbocycles. The number of ether oxygens (including phenoxy) is 1. The van der Waals surface area contributed by atoms with Gasteiger partial charge in [-0.15, -0.1) is 0 Å². The molecule has 2 bridgehead atoms. The molecular formula is C15H12BrNO3. The summed E-state index contributed by atoms with van der Waals surface area (Å²) in [6.07, 6.45) is 3.55. The molecule has 0 radical (unpaired) electrons. The summed E-state index contributed by atoms with van der Waals surface area (Å²) in [5.74, 6) is -1.09. The summed E-state index contributed by atoms with van der Waals surface area (Å²) in [5.41, 5.74) is -0.0187. The van der Waals surface area contributed by atoms with Gasteiger partial charge in [-0.05, 0) is 25.1 Å². The van der Waals surface area contributed by atoms with Crippen LogP contribution in [-0.4, -0.2) is 23.5 Å². The third-order valence-electron chi connectivity index (χ3n) is 4.40. The molecule has 3 heterocycles. The number of fused-ring (bicyclic) bond motifs is 5. The van der Waals surface area contributed by atoms with Crippen LogP contribution in [0, 0.1) is 11.8 Å². The lowest BCUT2D eigenvalue weighted by atomic mass is 9.78. The van der Waals surface area contributed by atoms with Gasteiger partial charge in [0.1, 0.15) is 0 Å². The van der Waals surface area contributed by atoms with Gasteiger partial charge in [0.05, 0.1) is 29.2 Å². The van der Waals surface area contributed by atoms with Gasteiger partial charge in [-0.2, -0.15) is 0 Å². The lowest BCUT2D eigenvalue weighted by Gasteiger charge is -2.24. The van der Waals surface area contributed by atoms with Gasteiger partial charge in [0.2, 0.25) is 11.8 Å². The zero-order valence-electron chi connectivity index (χ0n) is 10.7. The molecule has 102 valence electrons. The molecule has 5 heteroatoms. The van der Waals surface area contributed by atoms with E-state index in [0.29, 0.717) is 5.69 Å². The van der Waals surface area contributed by atoms with E-state index in [1.54, 1.807) is 12.1 Å². The predicted molar refractivity (Wildman–Crippen MR) is 76.0 cm³/mol. The molecule has 0 N–H and O–H groups in total. The number of carbonyl (C=O) groups excluding carboxylic acids is 2. The zero-order chi connectivity index (χ0) is 14.1. The van der Waals surface area contributed by atoms with Crippen LogP contribution in [-0.2, 0) is 14.3 Å². The number of hydrogen-bond acceptors (Lipinski definition) is 3. The first-order valence-corrected chi connectivity index (χ1v) is 7.31. The second-order valence-corrected chi connectivity index (χ2v) is 6.54. The van der Waals surface area contributed by atoms with Gasteiger partial charge in [0, 0.05) is 4.47 Å². The Morgan fingerprint density at radius 1 is 1.30 bits per heavy atom. The fourth-order valence-corrected chi connectivity index (χ4v) is 3.91. The highest BCUT2D eigenvalue weighted by Gasteiger charge is 2.65. The lowest BCUT2D eigenvalue weighted by Crippen LogP contribution is -2.38. The molecule has 0 aliphatic carbocycles. The Kier molecular flexibility index (Phi) is 2.34. The quantitative estimate of drug-likeness (QED) is 0.585. The summed E-state index contributed by atoms with van der Waals surface area (Å²) in [6.45, 7) is 1.88. The zero-order valence-corrected chi connectivity index (χ0v) is 12.3. The van der Waals surface area contributed by atoms with Gasteiger partial charge in [0.25, 0.3) is 0 Å². The molecule has 2 fully saturated rings. The number of halogens is 1. The highest BCUT2D eigenvalue weighted by molar-refractivity contribution is 9.10. The molecule has 4 rings (SSSR count). The number of rotatable bonds is 1. The van der Waals surface area contributed by atoms with Crippen LogP contribution in [0.5, 0.6) is 0 Å². The molecule has 0 aromatic heterocycles. The normalized spacial score (nSPS) is 37.9. The molecular weight excluding hydrogens is 322 g/mol. The first-order valence-electron chi connectivity index (χ1n) is 6.52. The minimum absolute atomic E-state index is 0.156. The van der Waals surface area contributed by atoms with E-state index in [9.17, 15) is 9.59 Å².